The Bertz CT molecular complexity index is 311. The van der Waals surface area contributed by atoms with E-state index in [9.17, 15) is 0 Å². The van der Waals surface area contributed by atoms with E-state index in [4.69, 9.17) is 0 Å². The summed E-state index contributed by atoms with van der Waals surface area (Å²) in [6, 6.07) is 0. The monoisotopic (exact) mass is 304 g/mol. The van der Waals surface area contributed by atoms with E-state index >= 15 is 0 Å². The van der Waals surface area contributed by atoms with Crippen molar-refractivity contribution in [3.05, 3.63) is 12.2 Å². The van der Waals surface area contributed by atoms with Crippen LogP contribution in [0.5, 0.6) is 0 Å². The highest BCUT2D eigenvalue weighted by Gasteiger charge is 2.31. The zero-order valence-electron chi connectivity index (χ0n) is 15.7. The van der Waals surface area contributed by atoms with Crippen molar-refractivity contribution < 1.29 is 0 Å². The second kappa shape index (κ2) is 9.14. The Morgan fingerprint density at radius 2 is 1.32 bits per heavy atom. The molecule has 2 aliphatic carbocycles. The van der Waals surface area contributed by atoms with Gasteiger partial charge in [-0.05, 0) is 93.8 Å². The van der Waals surface area contributed by atoms with Crippen LogP contribution < -0.4 is 0 Å². The van der Waals surface area contributed by atoms with Crippen LogP contribution >= 0.6 is 0 Å². The van der Waals surface area contributed by atoms with Gasteiger partial charge in [0.05, 0.1) is 0 Å². The van der Waals surface area contributed by atoms with Gasteiger partial charge in [0, 0.05) is 0 Å². The first-order valence-electron chi connectivity index (χ1n) is 10.2. The highest BCUT2D eigenvalue weighted by molar-refractivity contribution is 4.91. The summed E-state index contributed by atoms with van der Waals surface area (Å²) in [4.78, 5) is 0. The molecular formula is C22H40. The van der Waals surface area contributed by atoms with Crippen molar-refractivity contribution in [2.24, 2.45) is 35.5 Å². The van der Waals surface area contributed by atoms with E-state index < -0.39 is 0 Å². The first kappa shape index (κ1) is 18.1. The van der Waals surface area contributed by atoms with Crippen LogP contribution in [0.4, 0.5) is 0 Å². The number of allylic oxidation sites excluding steroid dienone is 2. The standard InChI is InChI=1S/C22H40/c1-5-6-19-9-11-21(12-10-19)22-15-13-20(14-16-22)18(4)8-7-17(2)3/h5-6,17-22H,7-16H2,1-4H3/b6-5+. The van der Waals surface area contributed by atoms with Crippen LogP contribution in [0, 0.1) is 35.5 Å². The summed E-state index contributed by atoms with van der Waals surface area (Å²) in [5.74, 6) is 5.91. The molecule has 0 radical (unpaired) electrons. The third-order valence-corrected chi connectivity index (χ3v) is 6.77. The van der Waals surface area contributed by atoms with Gasteiger partial charge in [-0.3, -0.25) is 0 Å². The summed E-state index contributed by atoms with van der Waals surface area (Å²) in [7, 11) is 0. The van der Waals surface area contributed by atoms with Gasteiger partial charge < -0.3 is 0 Å². The molecule has 0 aliphatic heterocycles. The average molecular weight is 305 g/mol. The van der Waals surface area contributed by atoms with E-state index in [0.717, 1.165) is 35.5 Å². The van der Waals surface area contributed by atoms with Gasteiger partial charge >= 0.3 is 0 Å². The molecule has 0 N–H and O–H groups in total. The van der Waals surface area contributed by atoms with Gasteiger partial charge in [-0.1, -0.05) is 45.8 Å². The van der Waals surface area contributed by atoms with Crippen molar-refractivity contribution in [2.45, 2.75) is 91.9 Å². The lowest BCUT2D eigenvalue weighted by molar-refractivity contribution is 0.131. The van der Waals surface area contributed by atoms with Gasteiger partial charge in [-0.2, -0.15) is 0 Å². The van der Waals surface area contributed by atoms with E-state index in [2.05, 4.69) is 39.8 Å². The van der Waals surface area contributed by atoms with Crippen LogP contribution in [-0.2, 0) is 0 Å². The Morgan fingerprint density at radius 3 is 1.82 bits per heavy atom. The fourth-order valence-electron chi connectivity index (χ4n) is 5.10. The van der Waals surface area contributed by atoms with Crippen LogP contribution in [0.2, 0.25) is 0 Å². The van der Waals surface area contributed by atoms with Gasteiger partial charge in [0.1, 0.15) is 0 Å². The van der Waals surface area contributed by atoms with Crippen molar-refractivity contribution in [1.29, 1.82) is 0 Å². The lowest BCUT2D eigenvalue weighted by Crippen LogP contribution is -2.27. The smallest absolute Gasteiger partial charge is 0.0233 e. The molecule has 1 atom stereocenters. The molecule has 2 rings (SSSR count). The fourth-order valence-corrected chi connectivity index (χ4v) is 5.10. The van der Waals surface area contributed by atoms with Crippen LogP contribution in [0.15, 0.2) is 12.2 Å². The summed E-state index contributed by atoms with van der Waals surface area (Å²) in [6.07, 6.45) is 19.7. The number of hydrogen-bond donors (Lipinski definition) is 0. The van der Waals surface area contributed by atoms with Crippen molar-refractivity contribution in [3.63, 3.8) is 0 Å². The first-order chi connectivity index (χ1) is 10.6. The SMILES string of the molecule is C/C=C/C1CCC(C2CCC(C(C)CCC(C)C)CC2)CC1. The second-order valence-electron chi connectivity index (χ2n) is 8.82. The predicted molar refractivity (Wildman–Crippen MR) is 98.9 cm³/mol. The van der Waals surface area contributed by atoms with Crippen molar-refractivity contribution in [1.82, 2.24) is 0 Å². The summed E-state index contributed by atoms with van der Waals surface area (Å²) in [6.45, 7) is 9.44. The summed E-state index contributed by atoms with van der Waals surface area (Å²) >= 11 is 0. The minimum atomic E-state index is 0.881. The number of hydrogen-bond acceptors (Lipinski definition) is 0. The van der Waals surface area contributed by atoms with Crippen LogP contribution in [-0.4, -0.2) is 0 Å². The fraction of sp³-hybridized carbons (Fsp3) is 0.909. The highest BCUT2D eigenvalue weighted by atomic mass is 14.4. The van der Waals surface area contributed by atoms with Crippen LogP contribution in [0.25, 0.3) is 0 Å². The summed E-state index contributed by atoms with van der Waals surface area (Å²) in [5.41, 5.74) is 0. The first-order valence-corrected chi connectivity index (χ1v) is 10.2. The molecule has 0 aromatic carbocycles. The maximum atomic E-state index is 2.52. The minimum Gasteiger partial charge on any atom is -0.0914 e. The molecule has 22 heavy (non-hydrogen) atoms. The van der Waals surface area contributed by atoms with Gasteiger partial charge in [0.2, 0.25) is 0 Å². The zero-order chi connectivity index (χ0) is 15.9. The minimum absolute atomic E-state index is 0.881. The third kappa shape index (κ3) is 5.43. The molecule has 2 fully saturated rings. The lowest BCUT2D eigenvalue weighted by atomic mass is 9.67. The molecule has 0 heteroatoms. The summed E-state index contributed by atoms with van der Waals surface area (Å²) < 4.78 is 0. The highest BCUT2D eigenvalue weighted by Crippen LogP contribution is 2.43. The molecule has 0 amide bonds. The Kier molecular flexibility index (Phi) is 7.51. The van der Waals surface area contributed by atoms with Gasteiger partial charge in [0.15, 0.2) is 0 Å². The van der Waals surface area contributed by atoms with E-state index in [1.54, 1.807) is 0 Å². The Morgan fingerprint density at radius 1 is 0.773 bits per heavy atom. The largest absolute Gasteiger partial charge is 0.0914 e. The van der Waals surface area contributed by atoms with E-state index in [0.29, 0.717) is 0 Å². The molecule has 0 heterocycles. The zero-order valence-corrected chi connectivity index (χ0v) is 15.7. The average Bonchev–Trinajstić information content (AvgIpc) is 2.54. The molecule has 0 aromatic heterocycles. The molecule has 2 saturated carbocycles. The topological polar surface area (TPSA) is 0 Å². The van der Waals surface area contributed by atoms with Crippen LogP contribution in [0.3, 0.4) is 0 Å². The van der Waals surface area contributed by atoms with Gasteiger partial charge in [-0.15, -0.1) is 0 Å². The molecule has 0 bridgehead atoms. The Balaban J connectivity index is 1.69. The lowest BCUT2D eigenvalue weighted by Gasteiger charge is -2.39. The molecule has 0 saturated heterocycles. The molecule has 0 aromatic rings. The maximum absolute atomic E-state index is 2.52. The van der Waals surface area contributed by atoms with Gasteiger partial charge in [0.25, 0.3) is 0 Å². The van der Waals surface area contributed by atoms with E-state index in [1.165, 1.54) is 64.2 Å². The quantitative estimate of drug-likeness (QED) is 0.453. The van der Waals surface area contributed by atoms with Crippen molar-refractivity contribution in [2.75, 3.05) is 0 Å². The normalized spacial score (nSPS) is 35.1. The van der Waals surface area contributed by atoms with Crippen molar-refractivity contribution >= 4 is 0 Å². The third-order valence-electron chi connectivity index (χ3n) is 6.77. The summed E-state index contributed by atoms with van der Waals surface area (Å²) in [5, 5.41) is 0. The Labute approximate surface area is 140 Å². The van der Waals surface area contributed by atoms with Gasteiger partial charge in [-0.25, -0.2) is 0 Å². The van der Waals surface area contributed by atoms with Crippen molar-refractivity contribution in [3.8, 4) is 0 Å². The number of rotatable bonds is 6. The van der Waals surface area contributed by atoms with E-state index in [1.807, 2.05) is 0 Å². The Hall–Kier alpha value is -0.260. The molecular weight excluding hydrogens is 264 g/mol. The molecule has 128 valence electrons. The molecule has 0 nitrogen and oxygen atoms in total. The second-order valence-corrected chi connectivity index (χ2v) is 8.82. The predicted octanol–water partition coefficient (Wildman–Crippen LogP) is 7.25. The molecule has 2 aliphatic rings. The molecule has 0 spiro atoms. The van der Waals surface area contributed by atoms with E-state index in [-0.39, 0.29) is 0 Å². The maximum Gasteiger partial charge on any atom is -0.0233 e. The molecule has 1 unspecified atom stereocenters. The van der Waals surface area contributed by atoms with Crippen LogP contribution in [0.1, 0.15) is 91.9 Å².